The second-order valence-electron chi connectivity index (χ2n) is 8.92. The van der Waals surface area contributed by atoms with Gasteiger partial charge in [-0.3, -0.25) is 4.90 Å². The van der Waals surface area contributed by atoms with Crippen molar-refractivity contribution >= 4 is 17.3 Å². The summed E-state index contributed by atoms with van der Waals surface area (Å²) in [5.74, 6) is 0.531. The highest BCUT2D eigenvalue weighted by Crippen LogP contribution is 2.29. The molecule has 2 N–H and O–H groups in total. The van der Waals surface area contributed by atoms with Crippen molar-refractivity contribution < 1.29 is 0 Å². The summed E-state index contributed by atoms with van der Waals surface area (Å²) < 4.78 is 0. The summed E-state index contributed by atoms with van der Waals surface area (Å²) in [6.45, 7) is 9.05. The summed E-state index contributed by atoms with van der Waals surface area (Å²) in [4.78, 5) is 17.2. The van der Waals surface area contributed by atoms with Gasteiger partial charge >= 0.3 is 0 Å². The van der Waals surface area contributed by atoms with Crippen molar-refractivity contribution in [3.05, 3.63) is 89.4 Å². The second kappa shape index (κ2) is 10.00. The number of hydrogen-bond donors (Lipinski definition) is 2. The number of H-pyrrole nitrogens is 1. The van der Waals surface area contributed by atoms with Gasteiger partial charge in [-0.05, 0) is 55.3 Å². The minimum absolute atomic E-state index is 0.531. The molecule has 176 valence electrons. The maximum absolute atomic E-state index is 9.31. The smallest absolute Gasteiger partial charge is 0.227 e. The minimum atomic E-state index is 0.531. The maximum Gasteiger partial charge on any atom is 0.227 e. The van der Waals surface area contributed by atoms with E-state index in [0.717, 1.165) is 60.9 Å². The largest absolute Gasteiger partial charge is 0.369 e. The fourth-order valence-electron chi connectivity index (χ4n) is 4.69. The van der Waals surface area contributed by atoms with Gasteiger partial charge in [-0.15, -0.1) is 0 Å². The summed E-state index contributed by atoms with van der Waals surface area (Å²) >= 11 is 0. The van der Waals surface area contributed by atoms with Crippen LogP contribution < -0.4 is 10.2 Å². The van der Waals surface area contributed by atoms with Crippen LogP contribution >= 0.6 is 0 Å². The third kappa shape index (κ3) is 5.03. The molecule has 0 atom stereocenters. The Morgan fingerprint density at radius 2 is 1.71 bits per heavy atom. The van der Waals surface area contributed by atoms with Gasteiger partial charge in [-0.25, -0.2) is 9.97 Å². The lowest BCUT2D eigenvalue weighted by atomic mass is 10.1. The van der Waals surface area contributed by atoms with E-state index in [1.165, 1.54) is 11.3 Å². The average Bonchev–Trinajstić information content (AvgIpc) is 3.18. The topological polar surface area (TPSA) is 83.9 Å². The van der Waals surface area contributed by atoms with Gasteiger partial charge in [-0.1, -0.05) is 30.3 Å². The highest BCUT2D eigenvalue weighted by Gasteiger charge is 2.18. The van der Waals surface area contributed by atoms with Crippen LogP contribution in [0.15, 0.2) is 66.9 Å². The number of aromatic amines is 1. The summed E-state index contributed by atoms with van der Waals surface area (Å²) in [5.41, 5.74) is 7.69. The fraction of sp³-hybridized carbons (Fsp3) is 0.250. The number of anilines is 3. The summed E-state index contributed by atoms with van der Waals surface area (Å²) in [6.07, 6.45) is 1.74. The number of aromatic nitrogens is 3. The number of hydrogen-bond acceptors (Lipinski definition) is 6. The summed E-state index contributed by atoms with van der Waals surface area (Å²) in [7, 11) is 0. The molecular weight excluding hydrogens is 434 g/mol. The molecule has 0 spiro atoms. The third-order valence-corrected chi connectivity index (χ3v) is 6.57. The molecule has 0 amide bonds. The molecule has 4 aromatic rings. The van der Waals surface area contributed by atoms with Crippen LogP contribution in [0.5, 0.6) is 0 Å². The van der Waals surface area contributed by atoms with Crippen molar-refractivity contribution in [2.75, 3.05) is 36.4 Å². The van der Waals surface area contributed by atoms with Crippen molar-refractivity contribution in [2.24, 2.45) is 0 Å². The van der Waals surface area contributed by atoms with Gasteiger partial charge < -0.3 is 15.2 Å². The Morgan fingerprint density at radius 3 is 2.40 bits per heavy atom. The Labute approximate surface area is 206 Å². The Balaban J connectivity index is 1.22. The number of piperazine rings is 1. The Kier molecular flexibility index (Phi) is 6.47. The fourth-order valence-corrected chi connectivity index (χ4v) is 4.69. The molecular formula is C28H29N7. The molecule has 0 bridgehead atoms. The molecule has 7 nitrogen and oxygen atoms in total. The molecule has 1 fully saturated rings. The van der Waals surface area contributed by atoms with Gasteiger partial charge in [0.05, 0.1) is 5.69 Å². The molecule has 7 heteroatoms. The molecule has 1 aliphatic heterocycles. The van der Waals surface area contributed by atoms with E-state index in [9.17, 15) is 5.26 Å². The SMILES string of the molecule is Cc1[nH]c(C#N)c(C)c1-c1ccnc(Nc2ccc(N3CCN(Cc4ccccc4)CC3)cc2)n1. The molecule has 1 aliphatic rings. The van der Waals surface area contributed by atoms with Crippen LogP contribution in [0.1, 0.15) is 22.5 Å². The van der Waals surface area contributed by atoms with E-state index in [2.05, 4.69) is 85.8 Å². The highest BCUT2D eigenvalue weighted by molar-refractivity contribution is 5.70. The monoisotopic (exact) mass is 463 g/mol. The number of rotatable bonds is 6. The first kappa shape index (κ1) is 22.6. The van der Waals surface area contributed by atoms with Crippen LogP contribution in [0, 0.1) is 25.2 Å². The first-order chi connectivity index (χ1) is 17.1. The third-order valence-electron chi connectivity index (χ3n) is 6.57. The molecule has 1 saturated heterocycles. The first-order valence-corrected chi connectivity index (χ1v) is 11.9. The quantitative estimate of drug-likeness (QED) is 0.417. The zero-order chi connectivity index (χ0) is 24.2. The van der Waals surface area contributed by atoms with Gasteiger partial charge in [0, 0.05) is 61.6 Å². The predicted octanol–water partition coefficient (Wildman–Crippen LogP) is 5.03. The Hall–Kier alpha value is -4.15. The summed E-state index contributed by atoms with van der Waals surface area (Å²) in [6, 6.07) is 23.2. The van der Waals surface area contributed by atoms with E-state index in [1.54, 1.807) is 6.20 Å². The van der Waals surface area contributed by atoms with Crippen molar-refractivity contribution in [3.63, 3.8) is 0 Å². The second-order valence-corrected chi connectivity index (χ2v) is 8.92. The zero-order valence-electron chi connectivity index (χ0n) is 20.1. The maximum atomic E-state index is 9.31. The van der Waals surface area contributed by atoms with Crippen molar-refractivity contribution in [3.8, 4) is 17.3 Å². The zero-order valence-corrected chi connectivity index (χ0v) is 20.1. The lowest BCUT2D eigenvalue weighted by Gasteiger charge is -2.36. The first-order valence-electron chi connectivity index (χ1n) is 11.9. The van der Waals surface area contributed by atoms with Gasteiger partial charge in [0.25, 0.3) is 0 Å². The average molecular weight is 464 g/mol. The number of nitrogens with zero attached hydrogens (tertiary/aromatic N) is 5. The minimum Gasteiger partial charge on any atom is -0.369 e. The van der Waals surface area contributed by atoms with E-state index >= 15 is 0 Å². The standard InChI is InChI=1S/C28H29N7/c1-20-26(18-29)31-21(2)27(20)25-12-13-30-28(33-25)32-23-8-10-24(11-9-23)35-16-14-34(15-17-35)19-22-6-4-3-5-7-22/h3-13,31H,14-17,19H2,1-2H3,(H,30,32,33). The molecule has 0 saturated carbocycles. The summed E-state index contributed by atoms with van der Waals surface area (Å²) in [5, 5.41) is 12.6. The van der Waals surface area contributed by atoms with Crippen molar-refractivity contribution in [1.29, 1.82) is 5.26 Å². The molecule has 35 heavy (non-hydrogen) atoms. The van der Waals surface area contributed by atoms with Crippen LogP contribution in [0.4, 0.5) is 17.3 Å². The normalized spacial score (nSPS) is 14.0. The van der Waals surface area contributed by atoms with Crippen LogP contribution in [0.2, 0.25) is 0 Å². The predicted molar refractivity (Wildman–Crippen MR) is 140 cm³/mol. The van der Waals surface area contributed by atoms with E-state index < -0.39 is 0 Å². The van der Waals surface area contributed by atoms with Gasteiger partial charge in [0.1, 0.15) is 11.8 Å². The van der Waals surface area contributed by atoms with E-state index in [0.29, 0.717) is 11.6 Å². The molecule has 0 unspecified atom stereocenters. The molecule has 0 aliphatic carbocycles. The number of benzene rings is 2. The van der Waals surface area contributed by atoms with Crippen molar-refractivity contribution in [1.82, 2.24) is 19.9 Å². The van der Waals surface area contributed by atoms with E-state index in [4.69, 9.17) is 4.98 Å². The van der Waals surface area contributed by atoms with Crippen LogP contribution in [0.3, 0.4) is 0 Å². The van der Waals surface area contributed by atoms with Crippen molar-refractivity contribution in [2.45, 2.75) is 20.4 Å². The molecule has 2 aromatic carbocycles. The Morgan fingerprint density at radius 1 is 0.971 bits per heavy atom. The van der Waals surface area contributed by atoms with Crippen LogP contribution in [-0.4, -0.2) is 46.0 Å². The number of aryl methyl sites for hydroxylation is 1. The van der Waals surface area contributed by atoms with Gasteiger partial charge in [0.15, 0.2) is 0 Å². The lowest BCUT2D eigenvalue weighted by Crippen LogP contribution is -2.45. The molecule has 2 aromatic heterocycles. The number of nitriles is 1. The van der Waals surface area contributed by atoms with Crippen LogP contribution in [0.25, 0.3) is 11.3 Å². The van der Waals surface area contributed by atoms with Gasteiger partial charge in [-0.2, -0.15) is 5.26 Å². The molecule has 0 radical (unpaired) electrons. The van der Waals surface area contributed by atoms with Crippen LogP contribution in [-0.2, 0) is 6.54 Å². The lowest BCUT2D eigenvalue weighted by molar-refractivity contribution is 0.250. The molecule has 5 rings (SSSR count). The Bertz CT molecular complexity index is 1330. The molecule has 3 heterocycles. The van der Waals surface area contributed by atoms with E-state index in [-0.39, 0.29) is 0 Å². The highest BCUT2D eigenvalue weighted by atomic mass is 15.3. The number of nitrogens with one attached hydrogen (secondary N) is 2. The van der Waals surface area contributed by atoms with Gasteiger partial charge in [0.2, 0.25) is 5.95 Å². The van der Waals surface area contributed by atoms with E-state index in [1.807, 2.05) is 19.9 Å².